The first kappa shape index (κ1) is 25.9. The van der Waals surface area contributed by atoms with Gasteiger partial charge in [0.1, 0.15) is 11.5 Å². The predicted octanol–water partition coefficient (Wildman–Crippen LogP) is 5.17. The molecule has 1 N–H and O–H groups in total. The van der Waals surface area contributed by atoms with Gasteiger partial charge in [0.15, 0.2) is 0 Å². The van der Waals surface area contributed by atoms with Crippen LogP contribution in [0.1, 0.15) is 50.3 Å². The SMILES string of the molecule is COC(=O)c1c(NC(=O)CN(c2cc(C)cc(C)c2)S(=O)(=O)c2ccc(C)cc2)sc2c1CCCC2. The number of aryl methyl sites for hydroxylation is 4. The van der Waals surface area contributed by atoms with Crippen LogP contribution in [0.3, 0.4) is 0 Å². The Kier molecular flexibility index (Phi) is 7.51. The van der Waals surface area contributed by atoms with Crippen molar-refractivity contribution in [1.82, 2.24) is 0 Å². The number of amides is 1. The molecular weight excluding hydrogens is 496 g/mol. The molecule has 3 aromatic rings. The highest BCUT2D eigenvalue weighted by molar-refractivity contribution is 7.92. The number of nitrogens with one attached hydrogen (secondary N) is 1. The molecule has 0 unspecified atom stereocenters. The van der Waals surface area contributed by atoms with E-state index in [1.807, 2.05) is 26.8 Å². The van der Waals surface area contributed by atoms with Gasteiger partial charge in [0.25, 0.3) is 10.0 Å². The predicted molar refractivity (Wildman–Crippen MR) is 143 cm³/mol. The Bertz CT molecular complexity index is 1390. The summed E-state index contributed by atoms with van der Waals surface area (Å²) in [7, 11) is -2.72. The van der Waals surface area contributed by atoms with Crippen LogP contribution in [0, 0.1) is 20.8 Å². The molecule has 0 spiro atoms. The lowest BCUT2D eigenvalue weighted by Crippen LogP contribution is -2.38. The number of benzene rings is 2. The van der Waals surface area contributed by atoms with Crippen LogP contribution in [-0.2, 0) is 32.4 Å². The molecule has 2 aromatic carbocycles. The van der Waals surface area contributed by atoms with Gasteiger partial charge in [-0.15, -0.1) is 11.3 Å². The molecule has 1 heterocycles. The summed E-state index contributed by atoms with van der Waals surface area (Å²) < 4.78 is 33.5. The third-order valence-corrected chi connectivity index (χ3v) is 9.20. The van der Waals surface area contributed by atoms with E-state index in [-0.39, 0.29) is 4.90 Å². The summed E-state index contributed by atoms with van der Waals surface area (Å²) in [5, 5.41) is 3.23. The number of ether oxygens (including phenoxy) is 1. The van der Waals surface area contributed by atoms with Crippen molar-refractivity contribution in [3.8, 4) is 0 Å². The van der Waals surface area contributed by atoms with E-state index in [4.69, 9.17) is 4.74 Å². The summed E-state index contributed by atoms with van der Waals surface area (Å²) in [6.07, 6.45) is 3.59. The van der Waals surface area contributed by atoms with Crippen molar-refractivity contribution in [3.63, 3.8) is 0 Å². The lowest BCUT2D eigenvalue weighted by Gasteiger charge is -2.25. The number of methoxy groups -OCH3 is 1. The van der Waals surface area contributed by atoms with Gasteiger partial charge in [-0.3, -0.25) is 9.10 Å². The van der Waals surface area contributed by atoms with Gasteiger partial charge >= 0.3 is 5.97 Å². The van der Waals surface area contributed by atoms with Crippen LogP contribution in [-0.4, -0.2) is 33.9 Å². The van der Waals surface area contributed by atoms with Gasteiger partial charge < -0.3 is 10.1 Å². The standard InChI is InChI=1S/C27H30N2O5S2/c1-17-9-11-21(12-10-17)36(32,33)29(20-14-18(2)13-19(3)15-20)16-24(30)28-26-25(27(31)34-4)22-7-5-6-8-23(22)35-26/h9-15H,5-8,16H2,1-4H3,(H,28,30). The maximum Gasteiger partial charge on any atom is 0.341 e. The van der Waals surface area contributed by atoms with Gasteiger partial charge in [-0.25, -0.2) is 13.2 Å². The Labute approximate surface area is 216 Å². The van der Waals surface area contributed by atoms with Crippen molar-refractivity contribution in [2.45, 2.75) is 51.3 Å². The lowest BCUT2D eigenvalue weighted by molar-refractivity contribution is -0.114. The average molecular weight is 527 g/mol. The van der Waals surface area contributed by atoms with Crippen LogP contribution in [0.15, 0.2) is 47.4 Å². The first-order valence-electron chi connectivity index (χ1n) is 11.8. The Balaban J connectivity index is 1.70. The molecule has 7 nitrogen and oxygen atoms in total. The van der Waals surface area contributed by atoms with Gasteiger partial charge in [-0.1, -0.05) is 23.8 Å². The lowest BCUT2D eigenvalue weighted by atomic mass is 9.95. The molecule has 0 radical (unpaired) electrons. The molecule has 0 aliphatic heterocycles. The average Bonchev–Trinajstić information content (AvgIpc) is 3.19. The summed E-state index contributed by atoms with van der Waals surface area (Å²) >= 11 is 1.37. The Morgan fingerprint density at radius 2 is 1.61 bits per heavy atom. The Morgan fingerprint density at radius 3 is 2.25 bits per heavy atom. The van der Waals surface area contributed by atoms with Crippen molar-refractivity contribution < 1.29 is 22.7 Å². The fraction of sp³-hybridized carbons (Fsp3) is 0.333. The summed E-state index contributed by atoms with van der Waals surface area (Å²) in [6, 6.07) is 12.0. The monoisotopic (exact) mass is 526 g/mol. The van der Waals surface area contributed by atoms with Crippen molar-refractivity contribution >= 4 is 43.9 Å². The highest BCUT2D eigenvalue weighted by Gasteiger charge is 2.30. The molecule has 190 valence electrons. The number of carbonyl (C=O) groups excluding carboxylic acids is 2. The van der Waals surface area contributed by atoms with Gasteiger partial charge in [-0.2, -0.15) is 0 Å². The molecular formula is C27H30N2O5S2. The maximum absolute atomic E-state index is 13.7. The third-order valence-electron chi connectivity index (χ3n) is 6.20. The van der Waals surface area contributed by atoms with Gasteiger partial charge in [0, 0.05) is 4.88 Å². The van der Waals surface area contributed by atoms with E-state index >= 15 is 0 Å². The number of thiophene rings is 1. The molecule has 0 bridgehead atoms. The number of hydrogen-bond acceptors (Lipinski definition) is 6. The van der Waals surface area contributed by atoms with E-state index < -0.39 is 28.4 Å². The van der Waals surface area contributed by atoms with Crippen molar-refractivity contribution in [2.75, 3.05) is 23.3 Å². The van der Waals surface area contributed by atoms with Crippen LogP contribution in [0.4, 0.5) is 10.7 Å². The fourth-order valence-electron chi connectivity index (χ4n) is 4.52. The van der Waals surface area contributed by atoms with Crippen molar-refractivity contribution in [3.05, 3.63) is 75.2 Å². The number of esters is 1. The molecule has 9 heteroatoms. The van der Waals surface area contributed by atoms with Crippen LogP contribution in [0.2, 0.25) is 0 Å². The van der Waals surface area contributed by atoms with E-state index in [0.29, 0.717) is 16.3 Å². The zero-order valence-corrected chi connectivity index (χ0v) is 22.5. The summed E-state index contributed by atoms with van der Waals surface area (Å²) in [4.78, 5) is 27.0. The quantitative estimate of drug-likeness (QED) is 0.429. The molecule has 0 atom stereocenters. The van der Waals surface area contributed by atoms with Crippen LogP contribution >= 0.6 is 11.3 Å². The van der Waals surface area contributed by atoms with Gasteiger partial charge in [0.2, 0.25) is 5.91 Å². The number of rotatable bonds is 7. The largest absolute Gasteiger partial charge is 0.465 e. The second kappa shape index (κ2) is 10.4. The Morgan fingerprint density at radius 1 is 0.972 bits per heavy atom. The fourth-order valence-corrected chi connectivity index (χ4v) is 7.21. The molecule has 0 fully saturated rings. The molecule has 1 aliphatic carbocycles. The smallest absolute Gasteiger partial charge is 0.341 e. The number of hydrogen-bond donors (Lipinski definition) is 1. The first-order valence-corrected chi connectivity index (χ1v) is 14.1. The molecule has 36 heavy (non-hydrogen) atoms. The number of sulfonamides is 1. The summed E-state index contributed by atoms with van der Waals surface area (Å²) in [6.45, 7) is 5.20. The van der Waals surface area contributed by atoms with Crippen molar-refractivity contribution in [1.29, 1.82) is 0 Å². The van der Waals surface area contributed by atoms with Crippen LogP contribution in [0.25, 0.3) is 0 Å². The van der Waals surface area contributed by atoms with E-state index in [1.54, 1.807) is 36.4 Å². The molecule has 1 aromatic heterocycles. The number of nitrogens with zero attached hydrogens (tertiary/aromatic N) is 1. The number of anilines is 2. The molecule has 0 saturated carbocycles. The highest BCUT2D eigenvalue weighted by Crippen LogP contribution is 2.38. The second-order valence-corrected chi connectivity index (χ2v) is 12.1. The van der Waals surface area contributed by atoms with E-state index in [1.165, 1.54) is 18.4 Å². The van der Waals surface area contributed by atoms with E-state index in [9.17, 15) is 18.0 Å². The topological polar surface area (TPSA) is 92.8 Å². The number of carbonyl (C=O) groups is 2. The number of fused-ring (bicyclic) bond motifs is 1. The second-order valence-electron chi connectivity index (χ2n) is 9.13. The van der Waals surface area contributed by atoms with Crippen molar-refractivity contribution in [2.24, 2.45) is 0 Å². The maximum atomic E-state index is 13.7. The normalized spacial score (nSPS) is 13.1. The van der Waals surface area contributed by atoms with Crippen LogP contribution in [0.5, 0.6) is 0 Å². The highest BCUT2D eigenvalue weighted by atomic mass is 32.2. The zero-order chi connectivity index (χ0) is 26.0. The summed E-state index contributed by atoms with van der Waals surface area (Å²) in [5.74, 6) is -1.03. The minimum atomic E-state index is -4.04. The summed E-state index contributed by atoms with van der Waals surface area (Å²) in [5.41, 5.74) is 4.40. The zero-order valence-electron chi connectivity index (χ0n) is 20.9. The van der Waals surface area contributed by atoms with E-state index in [2.05, 4.69) is 5.32 Å². The molecule has 1 amide bonds. The first-order chi connectivity index (χ1) is 17.1. The van der Waals surface area contributed by atoms with Gasteiger partial charge in [-0.05, 0) is 87.4 Å². The van der Waals surface area contributed by atoms with Crippen LogP contribution < -0.4 is 9.62 Å². The minimum Gasteiger partial charge on any atom is -0.465 e. The Hall–Kier alpha value is -3.17. The molecule has 1 aliphatic rings. The van der Waals surface area contributed by atoms with Gasteiger partial charge in [0.05, 0.1) is 23.3 Å². The molecule has 4 rings (SSSR count). The minimum absolute atomic E-state index is 0.0990. The molecule has 0 saturated heterocycles. The third kappa shape index (κ3) is 5.32. The van der Waals surface area contributed by atoms with E-state index in [0.717, 1.165) is 57.1 Å².